The Bertz CT molecular complexity index is 1190. The molecule has 4 aromatic rings. The quantitative estimate of drug-likeness (QED) is 0.414. The molecular formula is C22H18ClN3O2S. The van der Waals surface area contributed by atoms with Crippen LogP contribution in [0.25, 0.3) is 16.9 Å². The first-order valence-corrected chi connectivity index (χ1v) is 10.8. The molecule has 0 unspecified atom stereocenters. The largest absolute Gasteiger partial charge is 0.486 e. The zero-order valence-corrected chi connectivity index (χ0v) is 17.3. The molecule has 5 rings (SSSR count). The third kappa shape index (κ3) is 3.50. The van der Waals surface area contributed by atoms with Crippen LogP contribution in [0.3, 0.4) is 0 Å². The number of nitrogens with one attached hydrogen (secondary N) is 1. The summed E-state index contributed by atoms with van der Waals surface area (Å²) in [6.45, 7) is 1.12. The van der Waals surface area contributed by atoms with E-state index in [0.717, 1.165) is 39.9 Å². The average Bonchev–Trinajstić information content (AvgIpc) is 3.11. The van der Waals surface area contributed by atoms with Crippen molar-refractivity contribution in [1.82, 2.24) is 9.38 Å². The molecule has 0 fully saturated rings. The van der Waals surface area contributed by atoms with Crippen molar-refractivity contribution in [2.24, 2.45) is 0 Å². The minimum absolute atomic E-state index is 0.550. The smallest absolute Gasteiger partial charge is 0.163 e. The summed E-state index contributed by atoms with van der Waals surface area (Å²) in [6, 6.07) is 18.0. The fraction of sp³-hybridized carbons (Fsp3) is 0.136. The van der Waals surface area contributed by atoms with Gasteiger partial charge in [0, 0.05) is 28.4 Å². The SMILES string of the molecule is CSc1ccc(-c2nc3ccc(Cl)cn3c2Nc2ccc3c(c2)OCCO3)cc1. The highest BCUT2D eigenvalue weighted by Gasteiger charge is 2.17. The van der Waals surface area contributed by atoms with Gasteiger partial charge in [-0.3, -0.25) is 4.40 Å². The van der Waals surface area contributed by atoms with Gasteiger partial charge in [-0.25, -0.2) is 4.98 Å². The summed E-state index contributed by atoms with van der Waals surface area (Å²) >= 11 is 7.98. The second kappa shape index (κ2) is 7.54. The Labute approximate surface area is 177 Å². The number of thioether (sulfide) groups is 1. The highest BCUT2D eigenvalue weighted by molar-refractivity contribution is 7.98. The van der Waals surface area contributed by atoms with Gasteiger partial charge < -0.3 is 14.8 Å². The zero-order valence-electron chi connectivity index (χ0n) is 15.7. The van der Waals surface area contributed by atoms with E-state index in [0.29, 0.717) is 18.2 Å². The van der Waals surface area contributed by atoms with Crippen molar-refractivity contribution in [3.8, 4) is 22.8 Å². The summed E-state index contributed by atoms with van der Waals surface area (Å²) in [5, 5.41) is 4.14. The van der Waals surface area contributed by atoms with Crippen molar-refractivity contribution in [1.29, 1.82) is 0 Å². The number of rotatable bonds is 4. The number of nitrogens with zero attached hydrogens (tertiary/aromatic N) is 2. The molecule has 2 aromatic heterocycles. The number of aromatic nitrogens is 2. The molecule has 0 aliphatic carbocycles. The maximum atomic E-state index is 6.27. The molecule has 0 radical (unpaired) electrons. The molecule has 0 spiro atoms. The van der Waals surface area contributed by atoms with E-state index in [2.05, 4.69) is 35.8 Å². The van der Waals surface area contributed by atoms with Crippen LogP contribution in [-0.2, 0) is 0 Å². The third-order valence-corrected chi connectivity index (χ3v) is 5.72. The Morgan fingerprint density at radius 2 is 1.79 bits per heavy atom. The summed E-state index contributed by atoms with van der Waals surface area (Å²) < 4.78 is 13.3. The lowest BCUT2D eigenvalue weighted by Crippen LogP contribution is -2.15. The maximum Gasteiger partial charge on any atom is 0.163 e. The van der Waals surface area contributed by atoms with Crippen molar-refractivity contribution in [3.05, 3.63) is 65.8 Å². The zero-order chi connectivity index (χ0) is 19.8. The van der Waals surface area contributed by atoms with Crippen LogP contribution in [0, 0.1) is 0 Å². The first-order chi connectivity index (χ1) is 14.2. The second-order valence-corrected chi connectivity index (χ2v) is 7.91. The van der Waals surface area contributed by atoms with Gasteiger partial charge in [0.05, 0.1) is 5.02 Å². The Balaban J connectivity index is 1.61. The van der Waals surface area contributed by atoms with Crippen LogP contribution in [0.2, 0.25) is 5.02 Å². The van der Waals surface area contributed by atoms with Gasteiger partial charge in [-0.2, -0.15) is 0 Å². The molecular weight excluding hydrogens is 406 g/mol. The van der Waals surface area contributed by atoms with E-state index in [-0.39, 0.29) is 0 Å². The minimum atomic E-state index is 0.550. The Hall–Kier alpha value is -2.83. The number of halogens is 1. The van der Waals surface area contributed by atoms with E-state index in [4.69, 9.17) is 26.1 Å². The number of benzene rings is 2. The van der Waals surface area contributed by atoms with E-state index < -0.39 is 0 Å². The summed E-state index contributed by atoms with van der Waals surface area (Å²) in [7, 11) is 0. The first-order valence-electron chi connectivity index (χ1n) is 9.20. The lowest BCUT2D eigenvalue weighted by molar-refractivity contribution is 0.171. The molecule has 7 heteroatoms. The van der Waals surface area contributed by atoms with Gasteiger partial charge in [-0.1, -0.05) is 23.7 Å². The van der Waals surface area contributed by atoms with Crippen LogP contribution in [0.5, 0.6) is 11.5 Å². The highest BCUT2D eigenvalue weighted by Crippen LogP contribution is 2.36. The number of fused-ring (bicyclic) bond motifs is 2. The number of anilines is 2. The molecule has 1 aliphatic heterocycles. The van der Waals surface area contributed by atoms with Crippen LogP contribution in [0.1, 0.15) is 0 Å². The third-order valence-electron chi connectivity index (χ3n) is 4.75. The van der Waals surface area contributed by atoms with Crippen LogP contribution >= 0.6 is 23.4 Å². The number of ether oxygens (including phenoxy) is 2. The van der Waals surface area contributed by atoms with Crippen LogP contribution in [0.4, 0.5) is 11.5 Å². The lowest BCUT2D eigenvalue weighted by atomic mass is 10.1. The molecule has 0 saturated heterocycles. The van der Waals surface area contributed by atoms with Gasteiger partial charge in [0.25, 0.3) is 0 Å². The van der Waals surface area contributed by atoms with Gasteiger partial charge in [0.1, 0.15) is 30.4 Å². The summed E-state index contributed by atoms with van der Waals surface area (Å²) in [6.07, 6.45) is 3.93. The molecule has 29 heavy (non-hydrogen) atoms. The number of hydrogen-bond acceptors (Lipinski definition) is 5. The van der Waals surface area contributed by atoms with Crippen LogP contribution < -0.4 is 14.8 Å². The topological polar surface area (TPSA) is 47.8 Å². The molecule has 0 atom stereocenters. The Kier molecular flexibility index (Phi) is 4.73. The monoisotopic (exact) mass is 423 g/mol. The predicted octanol–water partition coefficient (Wildman–Crippen LogP) is 5.89. The summed E-state index contributed by atoms with van der Waals surface area (Å²) in [5.74, 6) is 2.34. The maximum absolute atomic E-state index is 6.27. The number of imidazole rings is 1. The van der Waals surface area contributed by atoms with E-state index in [1.54, 1.807) is 11.8 Å². The molecule has 0 amide bonds. The molecule has 5 nitrogen and oxygen atoms in total. The fourth-order valence-electron chi connectivity index (χ4n) is 3.35. The first kappa shape index (κ1) is 18.2. The average molecular weight is 424 g/mol. The Morgan fingerprint density at radius 3 is 2.59 bits per heavy atom. The minimum Gasteiger partial charge on any atom is -0.486 e. The number of pyridine rings is 1. The van der Waals surface area contributed by atoms with Gasteiger partial charge in [-0.15, -0.1) is 11.8 Å². The van der Waals surface area contributed by atoms with E-state index in [1.807, 2.05) is 40.9 Å². The summed E-state index contributed by atoms with van der Waals surface area (Å²) in [5.41, 5.74) is 3.59. The van der Waals surface area contributed by atoms with Crippen molar-refractivity contribution in [2.45, 2.75) is 4.90 Å². The van der Waals surface area contributed by atoms with Gasteiger partial charge in [0.15, 0.2) is 11.5 Å². The van der Waals surface area contributed by atoms with Crippen LogP contribution in [-0.4, -0.2) is 28.9 Å². The van der Waals surface area contributed by atoms with Crippen molar-refractivity contribution < 1.29 is 9.47 Å². The van der Waals surface area contributed by atoms with Crippen LogP contribution in [0.15, 0.2) is 65.7 Å². The van der Waals surface area contributed by atoms with E-state index in [9.17, 15) is 0 Å². The Morgan fingerprint density at radius 1 is 1.00 bits per heavy atom. The van der Waals surface area contributed by atoms with E-state index >= 15 is 0 Å². The molecule has 2 aromatic carbocycles. The summed E-state index contributed by atoms with van der Waals surface area (Å²) in [4.78, 5) is 6.05. The van der Waals surface area contributed by atoms with E-state index in [1.165, 1.54) is 4.90 Å². The molecule has 146 valence electrons. The lowest BCUT2D eigenvalue weighted by Gasteiger charge is -2.19. The highest BCUT2D eigenvalue weighted by atomic mass is 35.5. The fourth-order valence-corrected chi connectivity index (χ4v) is 3.92. The molecule has 0 saturated carbocycles. The molecule has 1 aliphatic rings. The predicted molar refractivity (Wildman–Crippen MR) is 118 cm³/mol. The van der Waals surface area contributed by atoms with Crippen molar-refractivity contribution in [3.63, 3.8) is 0 Å². The van der Waals surface area contributed by atoms with Gasteiger partial charge in [-0.05, 0) is 42.7 Å². The molecule has 3 heterocycles. The number of hydrogen-bond donors (Lipinski definition) is 1. The van der Waals surface area contributed by atoms with Crippen molar-refractivity contribution >= 4 is 40.5 Å². The van der Waals surface area contributed by atoms with Gasteiger partial charge in [0.2, 0.25) is 0 Å². The second-order valence-electron chi connectivity index (χ2n) is 6.60. The van der Waals surface area contributed by atoms with Gasteiger partial charge >= 0.3 is 0 Å². The molecule has 1 N–H and O–H groups in total. The molecule has 0 bridgehead atoms. The normalized spacial score (nSPS) is 12.9. The standard InChI is InChI=1S/C22H18ClN3O2S/c1-29-17-6-2-14(3-7-17)21-22(26-13-15(23)4-9-20(26)25-21)24-16-5-8-18-19(12-16)28-11-10-27-18/h2-9,12-13,24H,10-11H2,1H3. The van der Waals surface area contributed by atoms with Crippen molar-refractivity contribution in [2.75, 3.05) is 24.8 Å².